The molecule has 0 spiro atoms. The molecule has 0 amide bonds. The lowest BCUT2D eigenvalue weighted by atomic mass is 10.1. The fraction of sp³-hybridized carbons (Fsp3) is 0. The number of hydrogen-bond donors (Lipinski definition) is 0. The summed E-state index contributed by atoms with van der Waals surface area (Å²) >= 11 is 8.87. The summed E-state index contributed by atoms with van der Waals surface area (Å²) in [5.74, 6) is 0. The number of nitriles is 1. The molecular formula is C8H3BrClNO. The molecule has 0 atom stereocenters. The van der Waals surface area contributed by atoms with Crippen LogP contribution in [0.5, 0.6) is 0 Å². The van der Waals surface area contributed by atoms with E-state index in [1.165, 1.54) is 6.07 Å². The number of rotatable bonds is 1. The molecule has 1 aromatic rings. The minimum Gasteiger partial charge on any atom is -0.298 e. The molecular weight excluding hydrogens is 241 g/mol. The SMILES string of the molecule is N#Cc1cc(Br)c(Cl)c(C=O)c1. The molecule has 0 aliphatic rings. The van der Waals surface area contributed by atoms with Crippen LogP contribution in [0.15, 0.2) is 16.6 Å². The van der Waals surface area contributed by atoms with Crippen molar-refractivity contribution in [3.05, 3.63) is 32.8 Å². The second-order valence-corrected chi connectivity index (χ2v) is 3.32. The van der Waals surface area contributed by atoms with E-state index in [2.05, 4.69) is 15.9 Å². The Morgan fingerprint density at radius 2 is 2.25 bits per heavy atom. The van der Waals surface area contributed by atoms with Gasteiger partial charge in [-0.2, -0.15) is 5.26 Å². The van der Waals surface area contributed by atoms with Gasteiger partial charge in [0.1, 0.15) is 0 Å². The van der Waals surface area contributed by atoms with Crippen LogP contribution in [0, 0.1) is 11.3 Å². The first-order chi connectivity index (χ1) is 5.69. The molecule has 0 heterocycles. The summed E-state index contributed by atoms with van der Waals surface area (Å²) in [6.07, 6.45) is 0.619. The maximum absolute atomic E-state index is 10.4. The van der Waals surface area contributed by atoms with Gasteiger partial charge in [-0.15, -0.1) is 0 Å². The average molecular weight is 244 g/mol. The quantitative estimate of drug-likeness (QED) is 0.713. The summed E-state index contributed by atoms with van der Waals surface area (Å²) in [5, 5.41) is 8.88. The van der Waals surface area contributed by atoms with Gasteiger partial charge in [-0.05, 0) is 28.1 Å². The van der Waals surface area contributed by atoms with E-state index in [1.54, 1.807) is 6.07 Å². The second-order valence-electron chi connectivity index (χ2n) is 2.09. The standard InChI is InChI=1S/C8H3BrClNO/c9-7-2-5(3-11)1-6(4-12)8(7)10/h1-2,4H. The molecule has 0 saturated heterocycles. The Kier molecular flexibility index (Phi) is 2.85. The number of hydrogen-bond acceptors (Lipinski definition) is 2. The van der Waals surface area contributed by atoms with Crippen LogP contribution < -0.4 is 0 Å². The molecule has 0 radical (unpaired) electrons. The van der Waals surface area contributed by atoms with E-state index in [-0.39, 0.29) is 0 Å². The third-order valence-corrected chi connectivity index (χ3v) is 2.59. The van der Waals surface area contributed by atoms with Gasteiger partial charge in [0.15, 0.2) is 6.29 Å². The number of carbonyl (C=O) groups excluding carboxylic acids is 1. The lowest BCUT2D eigenvalue weighted by molar-refractivity contribution is 0.112. The molecule has 0 saturated carbocycles. The summed E-state index contributed by atoms with van der Waals surface area (Å²) < 4.78 is 0.560. The largest absolute Gasteiger partial charge is 0.298 e. The van der Waals surface area contributed by atoms with Gasteiger partial charge in [0.2, 0.25) is 0 Å². The zero-order chi connectivity index (χ0) is 9.14. The lowest BCUT2D eigenvalue weighted by Crippen LogP contribution is -1.85. The van der Waals surface area contributed by atoms with Crippen molar-refractivity contribution in [2.24, 2.45) is 0 Å². The Balaban J connectivity index is 3.41. The van der Waals surface area contributed by atoms with Crippen molar-refractivity contribution < 1.29 is 4.79 Å². The molecule has 1 aromatic carbocycles. The molecule has 0 fully saturated rings. The Bertz CT molecular complexity index is 370. The Hall–Kier alpha value is -0.850. The maximum atomic E-state index is 10.4. The van der Waals surface area contributed by atoms with Gasteiger partial charge in [-0.3, -0.25) is 4.79 Å². The minimum absolute atomic E-state index is 0.322. The van der Waals surface area contributed by atoms with Crippen LogP contribution in [0.4, 0.5) is 0 Å². The third kappa shape index (κ3) is 1.66. The van der Waals surface area contributed by atoms with Crippen LogP contribution in [0.2, 0.25) is 5.02 Å². The summed E-state index contributed by atoms with van der Waals surface area (Å²) in [6, 6.07) is 4.93. The van der Waals surface area contributed by atoms with E-state index in [4.69, 9.17) is 16.9 Å². The first kappa shape index (κ1) is 9.24. The highest BCUT2D eigenvalue weighted by molar-refractivity contribution is 9.10. The van der Waals surface area contributed by atoms with Gasteiger partial charge in [0.25, 0.3) is 0 Å². The molecule has 0 unspecified atom stereocenters. The van der Waals surface area contributed by atoms with Crippen LogP contribution in [0.1, 0.15) is 15.9 Å². The van der Waals surface area contributed by atoms with E-state index < -0.39 is 0 Å². The van der Waals surface area contributed by atoms with E-state index in [0.717, 1.165) is 0 Å². The molecule has 12 heavy (non-hydrogen) atoms. The number of benzene rings is 1. The molecule has 0 aliphatic heterocycles. The molecule has 2 nitrogen and oxygen atoms in total. The Morgan fingerprint density at radius 3 is 2.75 bits per heavy atom. The maximum Gasteiger partial charge on any atom is 0.151 e. The van der Waals surface area contributed by atoms with E-state index in [1.807, 2.05) is 6.07 Å². The number of nitrogens with zero attached hydrogens (tertiary/aromatic N) is 1. The topological polar surface area (TPSA) is 40.9 Å². The fourth-order valence-corrected chi connectivity index (χ4v) is 1.39. The highest BCUT2D eigenvalue weighted by Crippen LogP contribution is 2.26. The second kappa shape index (κ2) is 3.70. The summed E-state index contributed by atoms with van der Waals surface area (Å²) in [6.45, 7) is 0. The van der Waals surface area contributed by atoms with E-state index in [9.17, 15) is 4.79 Å². The number of carbonyl (C=O) groups is 1. The zero-order valence-corrected chi connectivity index (χ0v) is 8.19. The molecule has 0 N–H and O–H groups in total. The van der Waals surface area contributed by atoms with Crippen LogP contribution >= 0.6 is 27.5 Å². The molecule has 0 aliphatic carbocycles. The van der Waals surface area contributed by atoms with Crippen LogP contribution in [-0.4, -0.2) is 6.29 Å². The van der Waals surface area contributed by atoms with Gasteiger partial charge in [-0.25, -0.2) is 0 Å². The number of halogens is 2. The van der Waals surface area contributed by atoms with E-state index in [0.29, 0.717) is 26.9 Å². The van der Waals surface area contributed by atoms with E-state index >= 15 is 0 Å². The summed E-state index contributed by atoms with van der Waals surface area (Å²) in [4.78, 5) is 10.4. The van der Waals surface area contributed by atoms with Crippen molar-refractivity contribution in [3.8, 4) is 6.07 Å². The van der Waals surface area contributed by atoms with Crippen LogP contribution in [-0.2, 0) is 0 Å². The normalized spacial score (nSPS) is 9.08. The summed E-state index contributed by atoms with van der Waals surface area (Å²) in [7, 11) is 0. The van der Waals surface area contributed by atoms with Crippen molar-refractivity contribution in [3.63, 3.8) is 0 Å². The van der Waals surface area contributed by atoms with Crippen molar-refractivity contribution in [1.29, 1.82) is 5.26 Å². The lowest BCUT2D eigenvalue weighted by Gasteiger charge is -1.99. The van der Waals surface area contributed by atoms with Crippen molar-refractivity contribution in [2.45, 2.75) is 0 Å². The first-order valence-electron chi connectivity index (χ1n) is 3.03. The molecule has 4 heteroatoms. The minimum atomic E-state index is 0.322. The first-order valence-corrected chi connectivity index (χ1v) is 4.20. The molecule has 60 valence electrons. The number of aldehydes is 1. The van der Waals surface area contributed by atoms with Crippen molar-refractivity contribution in [1.82, 2.24) is 0 Å². The predicted molar refractivity (Wildman–Crippen MR) is 49.3 cm³/mol. The average Bonchev–Trinajstić information content (AvgIpc) is 2.09. The van der Waals surface area contributed by atoms with Crippen LogP contribution in [0.3, 0.4) is 0 Å². The highest BCUT2D eigenvalue weighted by atomic mass is 79.9. The molecule has 0 bridgehead atoms. The third-order valence-electron chi connectivity index (χ3n) is 1.31. The Labute approximate surface area is 82.9 Å². The van der Waals surface area contributed by atoms with Gasteiger partial charge in [-0.1, -0.05) is 11.6 Å². The highest BCUT2D eigenvalue weighted by Gasteiger charge is 2.05. The van der Waals surface area contributed by atoms with Gasteiger partial charge >= 0.3 is 0 Å². The smallest absolute Gasteiger partial charge is 0.151 e. The molecule has 0 aromatic heterocycles. The van der Waals surface area contributed by atoms with Gasteiger partial charge in [0.05, 0.1) is 16.7 Å². The van der Waals surface area contributed by atoms with Gasteiger partial charge < -0.3 is 0 Å². The fourth-order valence-electron chi connectivity index (χ4n) is 0.761. The van der Waals surface area contributed by atoms with Crippen molar-refractivity contribution >= 4 is 33.8 Å². The summed E-state index contributed by atoms with van der Waals surface area (Å²) in [5.41, 5.74) is 0.732. The zero-order valence-electron chi connectivity index (χ0n) is 5.84. The van der Waals surface area contributed by atoms with Crippen molar-refractivity contribution in [2.75, 3.05) is 0 Å². The molecule has 1 rings (SSSR count). The predicted octanol–water partition coefficient (Wildman–Crippen LogP) is 2.79. The van der Waals surface area contributed by atoms with Gasteiger partial charge in [0, 0.05) is 10.0 Å². The Morgan fingerprint density at radius 1 is 1.58 bits per heavy atom. The van der Waals surface area contributed by atoms with Crippen LogP contribution in [0.25, 0.3) is 0 Å². The monoisotopic (exact) mass is 243 g/mol.